The Hall–Kier alpha value is -3.00. The third kappa shape index (κ3) is 3.68. The minimum atomic E-state index is -1.03. The fraction of sp³-hybridized carbons (Fsp3) is 0.300. The van der Waals surface area contributed by atoms with Crippen LogP contribution in [0.15, 0.2) is 48.1 Å². The molecule has 0 radical (unpaired) electrons. The summed E-state index contributed by atoms with van der Waals surface area (Å²) in [6, 6.07) is 11.0. The van der Waals surface area contributed by atoms with Gasteiger partial charge >= 0.3 is 5.97 Å². The molecule has 1 atom stereocenters. The molecular weight excluding hydrogens is 376 g/mol. The Morgan fingerprint density at radius 3 is 2.82 bits per heavy atom. The minimum Gasteiger partial charge on any atom is -0.480 e. The first kappa shape index (κ1) is 18.4. The largest absolute Gasteiger partial charge is 0.480 e. The quantitative estimate of drug-likeness (QED) is 0.713. The second kappa shape index (κ2) is 7.93. The summed E-state index contributed by atoms with van der Waals surface area (Å²) in [7, 11) is 0. The highest BCUT2D eigenvalue weighted by Gasteiger charge is 2.32. The van der Waals surface area contributed by atoms with E-state index >= 15 is 0 Å². The zero-order valence-corrected chi connectivity index (χ0v) is 16.0. The molecule has 1 amide bonds. The first-order chi connectivity index (χ1) is 13.6. The molecule has 0 bridgehead atoms. The monoisotopic (exact) mass is 396 g/mol. The van der Waals surface area contributed by atoms with Crippen molar-refractivity contribution in [3.63, 3.8) is 0 Å². The molecule has 3 aromatic rings. The van der Waals surface area contributed by atoms with Gasteiger partial charge in [-0.2, -0.15) is 0 Å². The standard InChI is InChI=1S/C20H20N4O3S/c25-17(26)12-24(15-6-2-1-3-7-15)20(27)14-5-4-9-23(11-14)18-16-8-10-28-19(16)22-13-21-18/h1-3,6-8,10,13-14H,4-5,9,11-12H2,(H,25,26). The number of benzene rings is 1. The lowest BCUT2D eigenvalue weighted by atomic mass is 9.96. The molecule has 28 heavy (non-hydrogen) atoms. The van der Waals surface area contributed by atoms with Gasteiger partial charge in [0.15, 0.2) is 0 Å². The maximum atomic E-state index is 13.2. The van der Waals surface area contributed by atoms with Gasteiger partial charge in [-0.1, -0.05) is 18.2 Å². The molecule has 1 unspecified atom stereocenters. The normalized spacial score (nSPS) is 16.9. The van der Waals surface area contributed by atoms with Crippen LogP contribution in [-0.4, -0.2) is 46.6 Å². The summed E-state index contributed by atoms with van der Waals surface area (Å²) < 4.78 is 0. The zero-order valence-electron chi connectivity index (χ0n) is 15.2. The summed E-state index contributed by atoms with van der Waals surface area (Å²) in [6.45, 7) is 0.987. The van der Waals surface area contributed by atoms with Crippen LogP contribution >= 0.6 is 11.3 Å². The number of carboxylic acid groups (broad SMARTS) is 1. The third-order valence-corrected chi connectivity index (χ3v) is 5.76. The summed E-state index contributed by atoms with van der Waals surface area (Å²) in [5, 5.41) is 12.3. The molecule has 1 N–H and O–H groups in total. The molecule has 4 rings (SSSR count). The smallest absolute Gasteiger partial charge is 0.323 e. The SMILES string of the molecule is O=C(O)CN(C(=O)C1CCCN(c2ncnc3sccc23)C1)c1ccccc1. The van der Waals surface area contributed by atoms with Gasteiger partial charge in [0, 0.05) is 18.8 Å². The van der Waals surface area contributed by atoms with Crippen LogP contribution < -0.4 is 9.80 Å². The maximum Gasteiger partial charge on any atom is 0.323 e. The highest BCUT2D eigenvalue weighted by Crippen LogP contribution is 2.31. The van der Waals surface area contributed by atoms with Crippen molar-refractivity contribution < 1.29 is 14.7 Å². The number of piperidine rings is 1. The number of carboxylic acids is 1. The molecule has 1 aliphatic heterocycles. The van der Waals surface area contributed by atoms with E-state index in [-0.39, 0.29) is 18.4 Å². The van der Waals surface area contributed by atoms with Crippen LogP contribution in [0, 0.1) is 5.92 Å². The van der Waals surface area contributed by atoms with Crippen LogP contribution in [-0.2, 0) is 9.59 Å². The van der Waals surface area contributed by atoms with Crippen molar-refractivity contribution >= 4 is 44.9 Å². The van der Waals surface area contributed by atoms with E-state index < -0.39 is 5.97 Å². The first-order valence-corrected chi connectivity index (χ1v) is 10.0. The number of anilines is 2. The van der Waals surface area contributed by atoms with Gasteiger partial charge in [0.05, 0.1) is 11.3 Å². The summed E-state index contributed by atoms with van der Waals surface area (Å²) in [5.41, 5.74) is 0.606. The zero-order chi connectivity index (χ0) is 19.5. The molecular formula is C20H20N4O3S. The summed E-state index contributed by atoms with van der Waals surface area (Å²) in [5.74, 6) is -0.625. The van der Waals surface area contributed by atoms with Crippen molar-refractivity contribution in [1.82, 2.24) is 9.97 Å². The fourth-order valence-corrected chi connectivity index (χ4v) is 4.39. The number of para-hydroxylation sites is 1. The van der Waals surface area contributed by atoms with Crippen molar-refractivity contribution in [2.75, 3.05) is 29.4 Å². The van der Waals surface area contributed by atoms with E-state index in [0.29, 0.717) is 12.2 Å². The number of aliphatic carboxylic acids is 1. The number of nitrogens with zero attached hydrogens (tertiary/aromatic N) is 4. The minimum absolute atomic E-state index is 0.158. The predicted octanol–water partition coefficient (Wildman–Crippen LogP) is 3.03. The van der Waals surface area contributed by atoms with Crippen molar-refractivity contribution in [2.45, 2.75) is 12.8 Å². The van der Waals surface area contributed by atoms with Gasteiger partial charge in [-0.05, 0) is 36.4 Å². The Bertz CT molecular complexity index is 991. The Morgan fingerprint density at radius 1 is 1.21 bits per heavy atom. The molecule has 1 aromatic carbocycles. The lowest BCUT2D eigenvalue weighted by Gasteiger charge is -2.35. The number of thiophene rings is 1. The Kier molecular flexibility index (Phi) is 5.21. The second-order valence-electron chi connectivity index (χ2n) is 6.78. The second-order valence-corrected chi connectivity index (χ2v) is 7.67. The van der Waals surface area contributed by atoms with E-state index in [4.69, 9.17) is 0 Å². The van der Waals surface area contributed by atoms with Crippen LogP contribution in [0.25, 0.3) is 10.2 Å². The molecule has 1 saturated heterocycles. The maximum absolute atomic E-state index is 13.2. The van der Waals surface area contributed by atoms with E-state index in [2.05, 4.69) is 14.9 Å². The van der Waals surface area contributed by atoms with Gasteiger partial charge in [-0.15, -0.1) is 11.3 Å². The van der Waals surface area contributed by atoms with Crippen LogP contribution in [0.1, 0.15) is 12.8 Å². The van der Waals surface area contributed by atoms with Gasteiger partial charge in [0.25, 0.3) is 0 Å². The molecule has 0 aliphatic carbocycles. The number of hydrogen-bond acceptors (Lipinski definition) is 6. The number of fused-ring (bicyclic) bond motifs is 1. The van der Waals surface area contributed by atoms with Gasteiger partial charge in [-0.25, -0.2) is 9.97 Å². The Morgan fingerprint density at radius 2 is 2.04 bits per heavy atom. The summed E-state index contributed by atoms with van der Waals surface area (Å²) >= 11 is 1.56. The Balaban J connectivity index is 1.58. The number of carbonyl (C=O) groups excluding carboxylic acids is 1. The van der Waals surface area contributed by atoms with E-state index in [1.807, 2.05) is 17.5 Å². The van der Waals surface area contributed by atoms with Crippen LogP contribution in [0.5, 0.6) is 0 Å². The fourth-order valence-electron chi connectivity index (χ4n) is 3.66. The first-order valence-electron chi connectivity index (χ1n) is 9.15. The van der Waals surface area contributed by atoms with Crippen molar-refractivity contribution in [3.05, 3.63) is 48.1 Å². The van der Waals surface area contributed by atoms with E-state index in [1.165, 1.54) is 4.90 Å². The number of amides is 1. The van der Waals surface area contributed by atoms with Crippen molar-refractivity contribution in [3.8, 4) is 0 Å². The molecule has 3 heterocycles. The number of aromatic nitrogens is 2. The summed E-state index contributed by atoms with van der Waals surface area (Å²) in [4.78, 5) is 37.7. The molecule has 0 saturated carbocycles. The third-order valence-electron chi connectivity index (χ3n) is 4.94. The van der Waals surface area contributed by atoms with Crippen LogP contribution in [0.2, 0.25) is 0 Å². The molecule has 8 heteroatoms. The van der Waals surface area contributed by atoms with E-state index in [9.17, 15) is 14.7 Å². The van der Waals surface area contributed by atoms with Crippen LogP contribution in [0.3, 0.4) is 0 Å². The highest BCUT2D eigenvalue weighted by atomic mass is 32.1. The molecule has 1 fully saturated rings. The van der Waals surface area contributed by atoms with Crippen LogP contribution in [0.4, 0.5) is 11.5 Å². The van der Waals surface area contributed by atoms with Gasteiger partial charge < -0.3 is 14.9 Å². The number of rotatable bonds is 5. The predicted molar refractivity (Wildman–Crippen MR) is 109 cm³/mol. The molecule has 144 valence electrons. The average molecular weight is 396 g/mol. The molecule has 0 spiro atoms. The summed E-state index contributed by atoms with van der Waals surface area (Å²) in [6.07, 6.45) is 3.14. The number of hydrogen-bond donors (Lipinski definition) is 1. The van der Waals surface area contributed by atoms with Gasteiger partial charge in [0.2, 0.25) is 5.91 Å². The molecule has 1 aliphatic rings. The lowest BCUT2D eigenvalue weighted by Crippen LogP contribution is -2.46. The average Bonchev–Trinajstić information content (AvgIpc) is 3.21. The number of carbonyl (C=O) groups is 2. The highest BCUT2D eigenvalue weighted by molar-refractivity contribution is 7.16. The Labute approximate surface area is 166 Å². The van der Waals surface area contributed by atoms with Crippen molar-refractivity contribution in [2.24, 2.45) is 5.92 Å². The van der Waals surface area contributed by atoms with Gasteiger partial charge in [0.1, 0.15) is 23.5 Å². The topological polar surface area (TPSA) is 86.6 Å². The molecule has 7 nitrogen and oxygen atoms in total. The van der Waals surface area contributed by atoms with Gasteiger partial charge in [-0.3, -0.25) is 9.59 Å². The molecule has 2 aromatic heterocycles. The van der Waals surface area contributed by atoms with Crippen molar-refractivity contribution in [1.29, 1.82) is 0 Å². The van der Waals surface area contributed by atoms with E-state index in [1.54, 1.807) is 41.9 Å². The van der Waals surface area contributed by atoms with E-state index in [0.717, 1.165) is 35.4 Å². The lowest BCUT2D eigenvalue weighted by molar-refractivity contribution is -0.137.